The highest BCUT2D eigenvalue weighted by atomic mass is 32.2. The fraction of sp³-hybridized carbons (Fsp3) is 0.0769. The maximum Gasteiger partial charge on any atom is 0.269 e. The molecule has 2 aromatic heterocycles. The largest absolute Gasteiger partial charge is 0.269 e. The first-order chi connectivity index (χ1) is 9.48. The number of aryl methyl sites for hydroxylation is 1. The second-order valence-electron chi connectivity index (χ2n) is 4.43. The van der Waals surface area contributed by atoms with Gasteiger partial charge in [0, 0.05) is 18.0 Å². The molecule has 0 atom stereocenters. The van der Waals surface area contributed by atoms with Crippen LogP contribution < -0.4 is 5.59 Å². The first kappa shape index (κ1) is 12.9. The van der Waals surface area contributed by atoms with E-state index in [0.717, 1.165) is 9.54 Å². The molecule has 0 bridgehead atoms. The van der Waals surface area contributed by atoms with E-state index in [2.05, 4.69) is 9.97 Å². The Morgan fingerprint density at radius 2 is 1.85 bits per heavy atom. The standard InChI is InChI=1S/C13H10BN3O2S/c1-9-2-4-10(5-3-9)20(18,19)17-7-6-11-13(17)15-8-12(14)16-11/h2-8H,1H3. The summed E-state index contributed by atoms with van der Waals surface area (Å²) in [6.07, 6.45) is 2.77. The van der Waals surface area contributed by atoms with Gasteiger partial charge in [-0.05, 0) is 25.1 Å². The van der Waals surface area contributed by atoms with Crippen LogP contribution in [0.3, 0.4) is 0 Å². The first-order valence-electron chi connectivity index (χ1n) is 5.90. The van der Waals surface area contributed by atoms with E-state index in [1.165, 1.54) is 12.4 Å². The Labute approximate surface area is 117 Å². The second kappa shape index (κ2) is 4.45. The molecule has 2 heterocycles. The van der Waals surface area contributed by atoms with Crippen LogP contribution in [0.1, 0.15) is 5.56 Å². The smallest absolute Gasteiger partial charge is 0.259 e. The number of hydrogen-bond acceptors (Lipinski definition) is 4. The van der Waals surface area contributed by atoms with Crippen LogP contribution in [0.2, 0.25) is 0 Å². The normalized spacial score (nSPS) is 11.8. The molecule has 1 aromatic carbocycles. The zero-order valence-corrected chi connectivity index (χ0v) is 11.5. The van der Waals surface area contributed by atoms with Gasteiger partial charge in [-0.15, -0.1) is 0 Å². The molecule has 0 aliphatic heterocycles. The van der Waals surface area contributed by atoms with Crippen molar-refractivity contribution in [1.82, 2.24) is 13.9 Å². The Morgan fingerprint density at radius 3 is 2.55 bits per heavy atom. The Balaban J connectivity index is 2.21. The first-order valence-corrected chi connectivity index (χ1v) is 7.34. The van der Waals surface area contributed by atoms with Crippen molar-refractivity contribution < 1.29 is 8.42 Å². The third kappa shape index (κ3) is 2.00. The zero-order chi connectivity index (χ0) is 14.3. The molecule has 0 unspecified atom stereocenters. The van der Waals surface area contributed by atoms with Gasteiger partial charge < -0.3 is 0 Å². The van der Waals surface area contributed by atoms with E-state index in [-0.39, 0.29) is 16.1 Å². The summed E-state index contributed by atoms with van der Waals surface area (Å²) in [4.78, 5) is 8.30. The van der Waals surface area contributed by atoms with Gasteiger partial charge in [0.15, 0.2) is 5.65 Å². The predicted octanol–water partition coefficient (Wildman–Crippen LogP) is 0.771. The van der Waals surface area contributed by atoms with Crippen molar-refractivity contribution in [2.45, 2.75) is 11.8 Å². The lowest BCUT2D eigenvalue weighted by Crippen LogP contribution is -2.14. The van der Waals surface area contributed by atoms with Crippen molar-refractivity contribution in [3.05, 3.63) is 48.3 Å². The molecule has 0 saturated carbocycles. The molecule has 0 spiro atoms. The van der Waals surface area contributed by atoms with Gasteiger partial charge in [-0.3, -0.25) is 4.98 Å². The van der Waals surface area contributed by atoms with Crippen molar-refractivity contribution in [2.75, 3.05) is 0 Å². The molecule has 2 radical (unpaired) electrons. The summed E-state index contributed by atoms with van der Waals surface area (Å²) >= 11 is 0. The predicted molar refractivity (Wildman–Crippen MR) is 76.7 cm³/mol. The molecule has 7 heteroatoms. The highest BCUT2D eigenvalue weighted by Gasteiger charge is 2.19. The fourth-order valence-corrected chi connectivity index (χ4v) is 3.22. The maximum absolute atomic E-state index is 12.6. The topological polar surface area (TPSA) is 64.8 Å². The Bertz CT molecular complexity index is 886. The van der Waals surface area contributed by atoms with E-state index in [9.17, 15) is 8.42 Å². The van der Waals surface area contributed by atoms with Crippen molar-refractivity contribution >= 4 is 34.6 Å². The second-order valence-corrected chi connectivity index (χ2v) is 6.25. The van der Waals surface area contributed by atoms with Gasteiger partial charge in [-0.2, -0.15) is 0 Å². The molecular formula is C13H10BN3O2S. The molecule has 20 heavy (non-hydrogen) atoms. The Kier molecular flexibility index (Phi) is 2.86. The molecule has 0 aliphatic rings. The van der Waals surface area contributed by atoms with Crippen LogP contribution in [0.5, 0.6) is 0 Å². The highest BCUT2D eigenvalue weighted by Crippen LogP contribution is 2.19. The van der Waals surface area contributed by atoms with Gasteiger partial charge in [-0.1, -0.05) is 17.7 Å². The van der Waals surface area contributed by atoms with Gasteiger partial charge in [-0.25, -0.2) is 17.4 Å². The van der Waals surface area contributed by atoms with Crippen molar-refractivity contribution in [3.8, 4) is 0 Å². The van der Waals surface area contributed by atoms with Crippen LogP contribution in [-0.2, 0) is 10.0 Å². The van der Waals surface area contributed by atoms with E-state index >= 15 is 0 Å². The van der Waals surface area contributed by atoms with Crippen molar-refractivity contribution in [2.24, 2.45) is 0 Å². The number of rotatable bonds is 2. The minimum atomic E-state index is -3.68. The van der Waals surface area contributed by atoms with Crippen LogP contribution in [0, 0.1) is 6.92 Å². The Morgan fingerprint density at radius 1 is 1.15 bits per heavy atom. The minimum Gasteiger partial charge on any atom is -0.259 e. The van der Waals surface area contributed by atoms with Gasteiger partial charge in [0.2, 0.25) is 0 Å². The van der Waals surface area contributed by atoms with E-state index in [1.54, 1.807) is 30.3 Å². The van der Waals surface area contributed by atoms with Crippen LogP contribution in [0.4, 0.5) is 0 Å². The maximum atomic E-state index is 12.6. The number of nitrogens with zero attached hydrogens (tertiary/aromatic N) is 3. The number of hydrogen-bond donors (Lipinski definition) is 0. The summed E-state index contributed by atoms with van der Waals surface area (Å²) in [6, 6.07) is 8.22. The van der Waals surface area contributed by atoms with Gasteiger partial charge in [0.05, 0.1) is 4.90 Å². The van der Waals surface area contributed by atoms with Gasteiger partial charge >= 0.3 is 0 Å². The molecule has 3 rings (SSSR count). The molecule has 0 fully saturated rings. The monoisotopic (exact) mass is 283 g/mol. The van der Waals surface area contributed by atoms with E-state index in [4.69, 9.17) is 7.85 Å². The summed E-state index contributed by atoms with van der Waals surface area (Å²) in [5, 5.41) is 0. The van der Waals surface area contributed by atoms with E-state index in [0.29, 0.717) is 5.52 Å². The van der Waals surface area contributed by atoms with Crippen molar-refractivity contribution in [3.63, 3.8) is 0 Å². The van der Waals surface area contributed by atoms with Crippen LogP contribution in [-0.4, -0.2) is 30.2 Å². The third-order valence-electron chi connectivity index (χ3n) is 2.95. The summed E-state index contributed by atoms with van der Waals surface area (Å²) < 4.78 is 26.2. The van der Waals surface area contributed by atoms with E-state index < -0.39 is 10.0 Å². The lowest BCUT2D eigenvalue weighted by atomic mass is 10.1. The average Bonchev–Trinajstić information content (AvgIpc) is 2.82. The minimum absolute atomic E-state index is 0.208. The van der Waals surface area contributed by atoms with E-state index in [1.807, 2.05) is 6.92 Å². The van der Waals surface area contributed by atoms with Crippen LogP contribution >= 0.6 is 0 Å². The third-order valence-corrected chi connectivity index (χ3v) is 4.63. The number of fused-ring (bicyclic) bond motifs is 1. The molecule has 0 saturated heterocycles. The quantitative estimate of drug-likeness (QED) is 0.652. The van der Waals surface area contributed by atoms with Crippen LogP contribution in [0.15, 0.2) is 47.6 Å². The van der Waals surface area contributed by atoms with Crippen molar-refractivity contribution in [1.29, 1.82) is 0 Å². The lowest BCUT2D eigenvalue weighted by Gasteiger charge is -2.07. The molecule has 0 amide bonds. The highest BCUT2D eigenvalue weighted by molar-refractivity contribution is 7.90. The number of aromatic nitrogens is 3. The summed E-state index contributed by atoms with van der Waals surface area (Å²) in [5.74, 6) is 0. The SMILES string of the molecule is [B]c1cnc2c(ccn2S(=O)(=O)c2ccc(C)cc2)n1. The van der Waals surface area contributed by atoms with Crippen LogP contribution in [0.25, 0.3) is 11.2 Å². The summed E-state index contributed by atoms with van der Waals surface area (Å²) in [7, 11) is 1.86. The Hall–Kier alpha value is -2.15. The summed E-state index contributed by atoms with van der Waals surface area (Å²) in [5.41, 5.74) is 1.96. The molecule has 3 aromatic rings. The summed E-state index contributed by atoms with van der Waals surface area (Å²) in [6.45, 7) is 1.90. The lowest BCUT2D eigenvalue weighted by molar-refractivity contribution is 0.588. The average molecular weight is 283 g/mol. The molecule has 0 N–H and O–H groups in total. The number of benzene rings is 1. The molecule has 5 nitrogen and oxygen atoms in total. The fourth-order valence-electron chi connectivity index (χ4n) is 1.92. The molecule has 98 valence electrons. The molecule has 0 aliphatic carbocycles. The van der Waals surface area contributed by atoms with Gasteiger partial charge in [0.1, 0.15) is 13.4 Å². The molecular weight excluding hydrogens is 273 g/mol. The zero-order valence-electron chi connectivity index (χ0n) is 10.7. The van der Waals surface area contributed by atoms with Gasteiger partial charge in [0.25, 0.3) is 10.0 Å².